The molecular formula is C11H19N5O2. The lowest BCUT2D eigenvalue weighted by Gasteiger charge is -2.22. The zero-order chi connectivity index (χ0) is 13.9. The molecule has 1 rings (SSSR count). The van der Waals surface area contributed by atoms with Crippen molar-refractivity contribution in [1.82, 2.24) is 20.4 Å². The summed E-state index contributed by atoms with van der Waals surface area (Å²) in [4.78, 5) is 23.4. The molecule has 0 unspecified atom stereocenters. The summed E-state index contributed by atoms with van der Waals surface area (Å²) in [6.07, 6.45) is 1.55. The fraction of sp³-hybridized carbons (Fsp3) is 0.545. The van der Waals surface area contributed by atoms with Crippen molar-refractivity contribution >= 4 is 17.5 Å². The molecule has 0 saturated heterocycles. The maximum absolute atomic E-state index is 11.8. The van der Waals surface area contributed by atoms with Gasteiger partial charge in [-0.3, -0.25) is 14.3 Å². The summed E-state index contributed by atoms with van der Waals surface area (Å²) >= 11 is 0. The molecule has 0 atom stereocenters. The molecule has 4 N–H and O–H groups in total. The van der Waals surface area contributed by atoms with Gasteiger partial charge in [0.2, 0.25) is 5.91 Å². The molecule has 0 aliphatic carbocycles. The van der Waals surface area contributed by atoms with E-state index in [0.29, 0.717) is 5.69 Å². The molecule has 2 amide bonds. The molecule has 0 aliphatic heterocycles. The van der Waals surface area contributed by atoms with Gasteiger partial charge < -0.3 is 16.4 Å². The molecule has 7 nitrogen and oxygen atoms in total. The van der Waals surface area contributed by atoms with Crippen LogP contribution in [0, 0.1) is 5.41 Å². The van der Waals surface area contributed by atoms with E-state index in [-0.39, 0.29) is 24.1 Å². The van der Waals surface area contributed by atoms with Crippen molar-refractivity contribution < 1.29 is 9.59 Å². The molecule has 0 aromatic carbocycles. The highest BCUT2D eigenvalue weighted by atomic mass is 16.2. The van der Waals surface area contributed by atoms with Crippen LogP contribution in [0.4, 0.5) is 5.69 Å². The first-order chi connectivity index (χ1) is 8.27. The Labute approximate surface area is 106 Å². The van der Waals surface area contributed by atoms with Crippen molar-refractivity contribution in [1.29, 1.82) is 0 Å². The number of nitrogens with zero attached hydrogens (tertiary/aromatic N) is 2. The minimum atomic E-state index is -0.687. The first kappa shape index (κ1) is 14.0. The maximum atomic E-state index is 11.8. The number of aryl methyl sites for hydroxylation is 1. The van der Waals surface area contributed by atoms with Crippen LogP contribution >= 0.6 is 0 Å². The van der Waals surface area contributed by atoms with Crippen LogP contribution in [-0.4, -0.2) is 35.2 Å². The SMILES string of the molecule is CNC(=O)C(C)(C)CNC(=O)c1nn(C)cc1N. The number of nitrogens with one attached hydrogen (secondary N) is 2. The smallest absolute Gasteiger partial charge is 0.273 e. The molecule has 0 bridgehead atoms. The second-order valence-electron chi connectivity index (χ2n) is 4.75. The van der Waals surface area contributed by atoms with Gasteiger partial charge >= 0.3 is 0 Å². The Balaban J connectivity index is 2.67. The summed E-state index contributed by atoms with van der Waals surface area (Å²) < 4.78 is 1.47. The lowest BCUT2D eigenvalue weighted by Crippen LogP contribution is -2.43. The topological polar surface area (TPSA) is 102 Å². The molecule has 0 spiro atoms. The summed E-state index contributed by atoms with van der Waals surface area (Å²) in [5.74, 6) is -0.526. The van der Waals surface area contributed by atoms with Crippen molar-refractivity contribution in [2.45, 2.75) is 13.8 Å². The zero-order valence-electron chi connectivity index (χ0n) is 11.1. The van der Waals surface area contributed by atoms with Gasteiger partial charge in [-0.25, -0.2) is 0 Å². The monoisotopic (exact) mass is 253 g/mol. The molecule has 0 radical (unpaired) electrons. The van der Waals surface area contributed by atoms with Crippen LogP contribution in [0.2, 0.25) is 0 Å². The third-order valence-electron chi connectivity index (χ3n) is 2.60. The van der Waals surface area contributed by atoms with Gasteiger partial charge in [-0.2, -0.15) is 5.10 Å². The summed E-state index contributed by atoms with van der Waals surface area (Å²) in [5.41, 5.74) is 5.44. The lowest BCUT2D eigenvalue weighted by molar-refractivity contribution is -0.128. The molecule has 7 heteroatoms. The quantitative estimate of drug-likeness (QED) is 0.673. The third kappa shape index (κ3) is 2.99. The average molecular weight is 253 g/mol. The number of amides is 2. The van der Waals surface area contributed by atoms with Crippen molar-refractivity contribution in [3.8, 4) is 0 Å². The molecular weight excluding hydrogens is 234 g/mol. The van der Waals surface area contributed by atoms with Gasteiger partial charge in [-0.1, -0.05) is 0 Å². The van der Waals surface area contributed by atoms with E-state index in [1.54, 1.807) is 34.1 Å². The van der Waals surface area contributed by atoms with Crippen LogP contribution in [0.5, 0.6) is 0 Å². The van der Waals surface area contributed by atoms with Crippen molar-refractivity contribution in [3.05, 3.63) is 11.9 Å². The number of aromatic nitrogens is 2. The number of rotatable bonds is 4. The predicted octanol–water partition coefficient (Wildman–Crippen LogP) is -0.496. The number of nitrogens with two attached hydrogens (primary N) is 1. The largest absolute Gasteiger partial charge is 0.396 e. The molecule has 0 fully saturated rings. The van der Waals surface area contributed by atoms with Crippen molar-refractivity contribution in [3.63, 3.8) is 0 Å². The van der Waals surface area contributed by atoms with E-state index < -0.39 is 5.41 Å². The van der Waals surface area contributed by atoms with Gasteiger partial charge in [-0.15, -0.1) is 0 Å². The molecule has 18 heavy (non-hydrogen) atoms. The van der Waals surface area contributed by atoms with Gasteiger partial charge in [-0.05, 0) is 13.8 Å². The number of nitrogen functional groups attached to an aromatic ring is 1. The van der Waals surface area contributed by atoms with Crippen LogP contribution < -0.4 is 16.4 Å². The van der Waals surface area contributed by atoms with Crippen LogP contribution in [-0.2, 0) is 11.8 Å². The average Bonchev–Trinajstić information content (AvgIpc) is 2.64. The van der Waals surface area contributed by atoms with E-state index in [4.69, 9.17) is 5.73 Å². The Kier molecular flexibility index (Phi) is 3.95. The highest BCUT2D eigenvalue weighted by Gasteiger charge is 2.27. The van der Waals surface area contributed by atoms with Gasteiger partial charge in [0.15, 0.2) is 5.69 Å². The predicted molar refractivity (Wildman–Crippen MR) is 67.8 cm³/mol. The standard InChI is InChI=1S/C11H19N5O2/c1-11(2,10(18)13-3)6-14-9(17)8-7(12)5-16(4)15-8/h5H,6,12H2,1-4H3,(H,13,18)(H,14,17). The maximum Gasteiger partial charge on any atom is 0.273 e. The second-order valence-corrected chi connectivity index (χ2v) is 4.75. The Morgan fingerprint density at radius 1 is 1.50 bits per heavy atom. The van der Waals surface area contributed by atoms with Crippen LogP contribution in [0.25, 0.3) is 0 Å². The Bertz CT molecular complexity index is 464. The van der Waals surface area contributed by atoms with E-state index in [1.807, 2.05) is 0 Å². The summed E-state index contributed by atoms with van der Waals surface area (Å²) in [6, 6.07) is 0. The van der Waals surface area contributed by atoms with Crippen molar-refractivity contribution in [2.24, 2.45) is 12.5 Å². The van der Waals surface area contributed by atoms with Gasteiger partial charge in [0.05, 0.1) is 11.1 Å². The molecule has 0 saturated carbocycles. The van der Waals surface area contributed by atoms with E-state index in [9.17, 15) is 9.59 Å². The number of hydrogen-bond donors (Lipinski definition) is 3. The number of carbonyl (C=O) groups excluding carboxylic acids is 2. The van der Waals surface area contributed by atoms with Gasteiger partial charge in [0.1, 0.15) is 0 Å². The van der Waals surface area contributed by atoms with Crippen LogP contribution in [0.3, 0.4) is 0 Å². The summed E-state index contributed by atoms with van der Waals surface area (Å²) in [6.45, 7) is 3.70. The summed E-state index contributed by atoms with van der Waals surface area (Å²) in [7, 11) is 3.24. The summed E-state index contributed by atoms with van der Waals surface area (Å²) in [5, 5.41) is 9.16. The van der Waals surface area contributed by atoms with E-state index in [0.717, 1.165) is 0 Å². The minimum absolute atomic E-state index is 0.142. The number of hydrogen-bond acceptors (Lipinski definition) is 4. The lowest BCUT2D eigenvalue weighted by atomic mass is 9.92. The van der Waals surface area contributed by atoms with Crippen LogP contribution in [0.1, 0.15) is 24.3 Å². The molecule has 1 aromatic rings. The Hall–Kier alpha value is -2.05. The van der Waals surface area contributed by atoms with Gasteiger partial charge in [0.25, 0.3) is 5.91 Å². The number of anilines is 1. The fourth-order valence-electron chi connectivity index (χ4n) is 1.49. The Morgan fingerprint density at radius 3 is 2.56 bits per heavy atom. The third-order valence-corrected chi connectivity index (χ3v) is 2.60. The zero-order valence-corrected chi connectivity index (χ0v) is 11.1. The normalized spacial score (nSPS) is 11.1. The first-order valence-corrected chi connectivity index (χ1v) is 5.57. The van der Waals surface area contributed by atoms with Gasteiger partial charge in [0, 0.05) is 26.8 Å². The highest BCUT2D eigenvalue weighted by Crippen LogP contribution is 2.14. The van der Waals surface area contributed by atoms with E-state index in [2.05, 4.69) is 15.7 Å². The first-order valence-electron chi connectivity index (χ1n) is 5.57. The molecule has 100 valence electrons. The highest BCUT2D eigenvalue weighted by molar-refractivity contribution is 5.97. The molecule has 1 heterocycles. The minimum Gasteiger partial charge on any atom is -0.396 e. The molecule has 1 aromatic heterocycles. The second kappa shape index (κ2) is 5.07. The number of carbonyl (C=O) groups is 2. The fourth-order valence-corrected chi connectivity index (χ4v) is 1.49. The van der Waals surface area contributed by atoms with E-state index in [1.165, 1.54) is 4.68 Å². The Morgan fingerprint density at radius 2 is 2.11 bits per heavy atom. The molecule has 0 aliphatic rings. The van der Waals surface area contributed by atoms with Crippen LogP contribution in [0.15, 0.2) is 6.20 Å². The van der Waals surface area contributed by atoms with Crippen molar-refractivity contribution in [2.75, 3.05) is 19.3 Å². The van der Waals surface area contributed by atoms with E-state index >= 15 is 0 Å².